The van der Waals surface area contributed by atoms with Crippen LogP contribution in [0.3, 0.4) is 0 Å². The third-order valence-electron chi connectivity index (χ3n) is 2.64. The van der Waals surface area contributed by atoms with Gasteiger partial charge < -0.3 is 9.84 Å². The van der Waals surface area contributed by atoms with Crippen molar-refractivity contribution < 1.29 is 9.84 Å². The molecule has 15 heavy (non-hydrogen) atoms. The van der Waals surface area contributed by atoms with E-state index in [1.165, 1.54) is 0 Å². The summed E-state index contributed by atoms with van der Waals surface area (Å²) in [5.41, 5.74) is 0. The molecule has 1 aliphatic heterocycles. The average Bonchev–Trinajstić information content (AvgIpc) is 2.22. The Labute approximate surface area is 102 Å². The highest BCUT2D eigenvalue weighted by molar-refractivity contribution is 8.07. The Bertz CT molecular complexity index is 178. The van der Waals surface area contributed by atoms with Crippen molar-refractivity contribution in [2.75, 3.05) is 19.0 Å². The number of rotatable bonds is 5. The van der Waals surface area contributed by atoms with Gasteiger partial charge in [-0.05, 0) is 6.42 Å². The molecule has 90 valence electrons. The SMILES string of the molecule is CCCOCC(O)C1CSC(C)C(C)S1. The predicted molar refractivity (Wildman–Crippen MR) is 69.9 cm³/mol. The molecule has 1 fully saturated rings. The first-order valence-electron chi connectivity index (χ1n) is 5.68. The Morgan fingerprint density at radius 1 is 1.40 bits per heavy atom. The fraction of sp³-hybridized carbons (Fsp3) is 1.00. The van der Waals surface area contributed by atoms with E-state index < -0.39 is 0 Å². The normalized spacial score (nSPS) is 34.0. The summed E-state index contributed by atoms with van der Waals surface area (Å²) in [4.78, 5) is 0. The molecule has 0 radical (unpaired) electrons. The summed E-state index contributed by atoms with van der Waals surface area (Å²) in [6, 6.07) is 0. The number of thioether (sulfide) groups is 2. The number of hydrogen-bond acceptors (Lipinski definition) is 4. The molecule has 0 aliphatic carbocycles. The molecule has 0 amide bonds. The first-order chi connectivity index (χ1) is 7.15. The first kappa shape index (κ1) is 13.7. The van der Waals surface area contributed by atoms with Crippen LogP contribution in [-0.2, 0) is 4.74 Å². The molecule has 1 aliphatic rings. The molecule has 0 aromatic rings. The molecule has 1 heterocycles. The van der Waals surface area contributed by atoms with E-state index in [0.717, 1.165) is 18.8 Å². The van der Waals surface area contributed by atoms with E-state index in [1.54, 1.807) is 0 Å². The maximum absolute atomic E-state index is 9.95. The van der Waals surface area contributed by atoms with E-state index in [1.807, 2.05) is 23.5 Å². The van der Waals surface area contributed by atoms with Crippen LogP contribution in [0, 0.1) is 0 Å². The van der Waals surface area contributed by atoms with E-state index >= 15 is 0 Å². The zero-order valence-electron chi connectivity index (χ0n) is 9.81. The fourth-order valence-electron chi connectivity index (χ4n) is 1.47. The van der Waals surface area contributed by atoms with Crippen LogP contribution in [0.4, 0.5) is 0 Å². The Balaban J connectivity index is 2.24. The van der Waals surface area contributed by atoms with Gasteiger partial charge in [0.25, 0.3) is 0 Å². The van der Waals surface area contributed by atoms with E-state index in [0.29, 0.717) is 22.4 Å². The zero-order valence-corrected chi connectivity index (χ0v) is 11.4. The Morgan fingerprint density at radius 3 is 2.73 bits per heavy atom. The minimum absolute atomic E-state index is 0.302. The summed E-state index contributed by atoms with van der Waals surface area (Å²) in [7, 11) is 0. The topological polar surface area (TPSA) is 29.5 Å². The molecule has 0 spiro atoms. The van der Waals surface area contributed by atoms with Crippen molar-refractivity contribution in [2.45, 2.75) is 49.0 Å². The third kappa shape index (κ3) is 4.55. The van der Waals surface area contributed by atoms with Crippen LogP contribution in [0.1, 0.15) is 27.2 Å². The zero-order chi connectivity index (χ0) is 11.3. The monoisotopic (exact) mass is 250 g/mol. The van der Waals surface area contributed by atoms with Crippen LogP contribution in [0.2, 0.25) is 0 Å². The first-order valence-corrected chi connectivity index (χ1v) is 7.67. The van der Waals surface area contributed by atoms with Crippen molar-refractivity contribution in [2.24, 2.45) is 0 Å². The molecule has 2 nitrogen and oxygen atoms in total. The van der Waals surface area contributed by atoms with E-state index in [9.17, 15) is 5.11 Å². The fourth-order valence-corrected chi connectivity index (χ4v) is 4.46. The molecule has 4 heteroatoms. The molecule has 0 aromatic heterocycles. The van der Waals surface area contributed by atoms with E-state index in [2.05, 4.69) is 20.8 Å². The Hall–Kier alpha value is 0.620. The summed E-state index contributed by atoms with van der Waals surface area (Å²) in [6.45, 7) is 7.84. The highest BCUT2D eigenvalue weighted by Gasteiger charge is 2.30. The van der Waals surface area contributed by atoms with Gasteiger partial charge in [0.1, 0.15) is 0 Å². The molecular formula is C11H22O2S2. The second kappa shape index (κ2) is 7.05. The van der Waals surface area contributed by atoms with Crippen molar-refractivity contribution in [3.8, 4) is 0 Å². The van der Waals surface area contributed by atoms with Crippen molar-refractivity contribution in [3.63, 3.8) is 0 Å². The van der Waals surface area contributed by atoms with E-state index in [-0.39, 0.29) is 6.10 Å². The number of aliphatic hydroxyl groups is 1. The molecule has 0 bridgehead atoms. The van der Waals surface area contributed by atoms with Crippen LogP contribution >= 0.6 is 23.5 Å². The van der Waals surface area contributed by atoms with Crippen LogP contribution in [0.25, 0.3) is 0 Å². The van der Waals surface area contributed by atoms with Crippen molar-refractivity contribution in [1.29, 1.82) is 0 Å². The maximum atomic E-state index is 9.95. The van der Waals surface area contributed by atoms with Crippen LogP contribution in [-0.4, -0.2) is 45.9 Å². The van der Waals surface area contributed by atoms with Gasteiger partial charge in [-0.3, -0.25) is 0 Å². The minimum Gasteiger partial charge on any atom is -0.390 e. The molecule has 0 aromatic carbocycles. The lowest BCUT2D eigenvalue weighted by Gasteiger charge is -2.33. The summed E-state index contributed by atoms with van der Waals surface area (Å²) in [5, 5.41) is 11.6. The molecule has 1 saturated heterocycles. The van der Waals surface area contributed by atoms with Crippen LogP contribution < -0.4 is 0 Å². The summed E-state index contributed by atoms with van der Waals surface area (Å²) in [5.74, 6) is 1.05. The van der Waals surface area contributed by atoms with Gasteiger partial charge in [0.15, 0.2) is 0 Å². The van der Waals surface area contributed by atoms with Crippen molar-refractivity contribution >= 4 is 23.5 Å². The van der Waals surface area contributed by atoms with Crippen molar-refractivity contribution in [1.82, 2.24) is 0 Å². The van der Waals surface area contributed by atoms with Crippen LogP contribution in [0.5, 0.6) is 0 Å². The molecule has 4 unspecified atom stereocenters. The van der Waals surface area contributed by atoms with Gasteiger partial charge in [-0.2, -0.15) is 23.5 Å². The molecular weight excluding hydrogens is 228 g/mol. The number of ether oxygens (including phenoxy) is 1. The lowest BCUT2D eigenvalue weighted by molar-refractivity contribution is 0.0386. The van der Waals surface area contributed by atoms with Crippen molar-refractivity contribution in [3.05, 3.63) is 0 Å². The number of hydrogen-bond donors (Lipinski definition) is 1. The minimum atomic E-state index is -0.302. The van der Waals surface area contributed by atoms with Gasteiger partial charge in [-0.25, -0.2) is 0 Å². The van der Waals surface area contributed by atoms with Gasteiger partial charge >= 0.3 is 0 Å². The Morgan fingerprint density at radius 2 is 2.13 bits per heavy atom. The Kier molecular flexibility index (Phi) is 6.43. The standard InChI is InChI=1S/C11H22O2S2/c1-4-5-13-6-10(12)11-7-14-8(2)9(3)15-11/h8-12H,4-7H2,1-3H3. The summed E-state index contributed by atoms with van der Waals surface area (Å²) < 4.78 is 5.39. The highest BCUT2D eigenvalue weighted by Crippen LogP contribution is 2.36. The molecule has 4 atom stereocenters. The second-order valence-corrected chi connectivity index (χ2v) is 7.09. The molecule has 1 rings (SSSR count). The van der Waals surface area contributed by atoms with Crippen LogP contribution in [0.15, 0.2) is 0 Å². The van der Waals surface area contributed by atoms with Gasteiger partial charge in [0.05, 0.1) is 12.7 Å². The molecule has 1 N–H and O–H groups in total. The van der Waals surface area contributed by atoms with Gasteiger partial charge in [0.2, 0.25) is 0 Å². The van der Waals surface area contributed by atoms with Gasteiger partial charge in [0, 0.05) is 28.1 Å². The smallest absolute Gasteiger partial charge is 0.0899 e. The lowest BCUT2D eigenvalue weighted by Crippen LogP contribution is -2.37. The average molecular weight is 250 g/mol. The second-order valence-electron chi connectivity index (χ2n) is 4.06. The maximum Gasteiger partial charge on any atom is 0.0899 e. The van der Waals surface area contributed by atoms with Gasteiger partial charge in [-0.1, -0.05) is 20.8 Å². The number of aliphatic hydroxyl groups excluding tert-OH is 1. The quantitative estimate of drug-likeness (QED) is 0.759. The van der Waals surface area contributed by atoms with E-state index in [4.69, 9.17) is 4.74 Å². The summed E-state index contributed by atoms with van der Waals surface area (Å²) in [6.07, 6.45) is 0.719. The predicted octanol–water partition coefficient (Wildman–Crippen LogP) is 2.40. The lowest BCUT2D eigenvalue weighted by atomic mass is 10.3. The third-order valence-corrected chi connectivity index (χ3v) is 6.18. The summed E-state index contributed by atoms with van der Waals surface area (Å²) >= 11 is 3.88. The largest absolute Gasteiger partial charge is 0.390 e. The molecule has 0 saturated carbocycles. The van der Waals surface area contributed by atoms with Gasteiger partial charge in [-0.15, -0.1) is 0 Å². The highest BCUT2D eigenvalue weighted by atomic mass is 32.2.